The van der Waals surface area contributed by atoms with Gasteiger partial charge >= 0.3 is 0 Å². The molecule has 2 rings (SSSR count). The third kappa shape index (κ3) is 0.572. The number of H-pyrrole nitrogens is 1. The number of anilines is 1. The fraction of sp³-hybridized carbons (Fsp3) is 0. The Bertz CT molecular complexity index is 353. The zero-order valence-electron chi connectivity index (χ0n) is 5.29. The first-order valence-electron chi connectivity index (χ1n) is 3.01. The predicted molar refractivity (Wildman–Crippen MR) is 37.2 cm³/mol. The molecule has 2 heterocycles. The molecular formula is C7H7N2O+. The van der Waals surface area contributed by atoms with Crippen LogP contribution >= 0.6 is 0 Å². The fourth-order valence-electron chi connectivity index (χ4n) is 0.943. The van der Waals surface area contributed by atoms with E-state index in [1.165, 1.54) is 0 Å². The van der Waals surface area contributed by atoms with Gasteiger partial charge < -0.3 is 10.2 Å². The molecule has 0 spiro atoms. The average molecular weight is 135 g/mol. The van der Waals surface area contributed by atoms with Crippen molar-refractivity contribution in [2.75, 3.05) is 5.73 Å². The van der Waals surface area contributed by atoms with Crippen LogP contribution in [0, 0.1) is 0 Å². The summed E-state index contributed by atoms with van der Waals surface area (Å²) in [7, 11) is 0. The van der Waals surface area contributed by atoms with E-state index in [0.717, 1.165) is 11.1 Å². The highest BCUT2D eigenvalue weighted by Crippen LogP contribution is 2.15. The van der Waals surface area contributed by atoms with Crippen LogP contribution in [-0.2, 0) is 0 Å². The number of aromatic amines is 1. The van der Waals surface area contributed by atoms with Gasteiger partial charge in [0.2, 0.25) is 5.58 Å². The van der Waals surface area contributed by atoms with Gasteiger partial charge in [0.25, 0.3) is 5.52 Å². The molecule has 0 aromatic carbocycles. The van der Waals surface area contributed by atoms with Gasteiger partial charge in [-0.2, -0.15) is 0 Å². The second-order valence-corrected chi connectivity index (χ2v) is 2.10. The van der Waals surface area contributed by atoms with Crippen molar-refractivity contribution in [2.24, 2.45) is 0 Å². The van der Waals surface area contributed by atoms with Crippen molar-refractivity contribution >= 4 is 16.8 Å². The summed E-state index contributed by atoms with van der Waals surface area (Å²) in [5.74, 6) is 0. The fourth-order valence-corrected chi connectivity index (χ4v) is 0.943. The summed E-state index contributed by atoms with van der Waals surface area (Å²) in [6, 6.07) is 3.61. The molecule has 0 aliphatic rings. The van der Waals surface area contributed by atoms with Gasteiger partial charge in [-0.15, -0.1) is 0 Å². The zero-order valence-corrected chi connectivity index (χ0v) is 5.29. The molecule has 3 nitrogen and oxygen atoms in total. The van der Waals surface area contributed by atoms with E-state index in [-0.39, 0.29) is 0 Å². The van der Waals surface area contributed by atoms with Crippen LogP contribution in [0.3, 0.4) is 0 Å². The molecule has 0 atom stereocenters. The summed E-state index contributed by atoms with van der Waals surface area (Å²) in [4.78, 5) is 3.00. The van der Waals surface area contributed by atoms with Gasteiger partial charge in [0.1, 0.15) is 0 Å². The minimum absolute atomic E-state index is 0.666. The average Bonchev–Trinajstić information content (AvgIpc) is 2.36. The van der Waals surface area contributed by atoms with Crippen molar-refractivity contribution in [1.29, 1.82) is 0 Å². The number of aromatic nitrogens is 1. The van der Waals surface area contributed by atoms with E-state index in [9.17, 15) is 0 Å². The topological polar surface area (TPSA) is 53.3 Å². The van der Waals surface area contributed by atoms with Crippen LogP contribution in [0.4, 0.5) is 5.69 Å². The van der Waals surface area contributed by atoms with Crippen molar-refractivity contribution < 1.29 is 9.40 Å². The molecule has 50 valence electrons. The summed E-state index contributed by atoms with van der Waals surface area (Å²) in [5, 5.41) is 0. The van der Waals surface area contributed by atoms with Gasteiger partial charge in [0.05, 0.1) is 12.0 Å². The highest BCUT2D eigenvalue weighted by molar-refractivity contribution is 5.81. The van der Waals surface area contributed by atoms with E-state index in [2.05, 4.69) is 4.98 Å². The lowest BCUT2D eigenvalue weighted by atomic mass is 10.3. The van der Waals surface area contributed by atoms with Crippen LogP contribution in [-0.4, -0.2) is 0 Å². The van der Waals surface area contributed by atoms with Gasteiger partial charge in [-0.1, -0.05) is 0 Å². The molecule has 0 fully saturated rings. The molecule has 2 aromatic rings. The van der Waals surface area contributed by atoms with E-state index >= 15 is 0 Å². The molecule has 0 unspecified atom stereocenters. The van der Waals surface area contributed by atoms with Gasteiger partial charge in [0.15, 0.2) is 6.20 Å². The number of pyridine rings is 1. The number of hydrogen-bond acceptors (Lipinski definition) is 2. The Kier molecular flexibility index (Phi) is 0.917. The molecule has 10 heavy (non-hydrogen) atoms. The molecule has 0 aliphatic carbocycles. The normalized spacial score (nSPS) is 10.4. The maximum atomic E-state index is 5.59. The predicted octanol–water partition coefficient (Wildman–Crippen LogP) is 0.829. The molecule has 0 saturated heterocycles. The molecular weight excluding hydrogens is 128 g/mol. The lowest BCUT2D eigenvalue weighted by Gasteiger charge is -1.85. The van der Waals surface area contributed by atoms with Crippen molar-refractivity contribution in [3.8, 4) is 0 Å². The molecule has 3 N–H and O–H groups in total. The SMILES string of the molecule is Nc1cc[nH+]c2ccoc12. The third-order valence-corrected chi connectivity index (χ3v) is 1.43. The third-order valence-electron chi connectivity index (χ3n) is 1.43. The largest absolute Gasteiger partial charge is 0.456 e. The Morgan fingerprint density at radius 2 is 2.30 bits per heavy atom. The first-order valence-corrected chi connectivity index (χ1v) is 3.01. The number of fused-ring (bicyclic) bond motifs is 1. The maximum absolute atomic E-state index is 5.59. The minimum Gasteiger partial charge on any atom is -0.456 e. The highest BCUT2D eigenvalue weighted by atomic mass is 16.3. The second-order valence-electron chi connectivity index (χ2n) is 2.10. The lowest BCUT2D eigenvalue weighted by Crippen LogP contribution is -2.01. The van der Waals surface area contributed by atoms with Gasteiger partial charge in [-0.05, 0) is 0 Å². The van der Waals surface area contributed by atoms with Crippen LogP contribution in [0.1, 0.15) is 0 Å². The molecule has 0 aliphatic heterocycles. The molecule has 0 amide bonds. The van der Waals surface area contributed by atoms with Crippen molar-refractivity contribution in [3.63, 3.8) is 0 Å². The smallest absolute Gasteiger partial charge is 0.251 e. The number of hydrogen-bond donors (Lipinski definition) is 1. The number of furan rings is 1. The number of nitrogens with two attached hydrogens (primary N) is 1. The maximum Gasteiger partial charge on any atom is 0.251 e. The summed E-state index contributed by atoms with van der Waals surface area (Å²) in [5.41, 5.74) is 7.91. The highest BCUT2D eigenvalue weighted by Gasteiger charge is 2.04. The van der Waals surface area contributed by atoms with E-state index in [4.69, 9.17) is 10.2 Å². The first-order chi connectivity index (χ1) is 4.88. The Labute approximate surface area is 57.5 Å². The monoisotopic (exact) mass is 135 g/mol. The van der Waals surface area contributed by atoms with E-state index in [0.29, 0.717) is 5.69 Å². The number of nitrogen functional groups attached to an aromatic ring is 1. The summed E-state index contributed by atoms with van der Waals surface area (Å²) in [6.07, 6.45) is 3.39. The molecule has 0 saturated carbocycles. The van der Waals surface area contributed by atoms with Gasteiger partial charge in [-0.25, -0.2) is 4.98 Å². The van der Waals surface area contributed by atoms with Crippen molar-refractivity contribution in [1.82, 2.24) is 0 Å². The Morgan fingerprint density at radius 1 is 1.40 bits per heavy atom. The first kappa shape index (κ1) is 5.29. The zero-order chi connectivity index (χ0) is 6.97. The standard InChI is InChI=1S/C7H6N2O/c8-5-1-3-9-6-2-4-10-7(5)6/h1-4H,(H2,8,9)/p+1. The van der Waals surface area contributed by atoms with Crippen LogP contribution in [0.25, 0.3) is 11.1 Å². The minimum atomic E-state index is 0.666. The lowest BCUT2D eigenvalue weighted by molar-refractivity contribution is -0.344. The number of nitrogens with one attached hydrogen (secondary N) is 1. The van der Waals surface area contributed by atoms with E-state index in [1.807, 2.05) is 6.07 Å². The van der Waals surface area contributed by atoms with Crippen LogP contribution in [0.2, 0.25) is 0 Å². The summed E-state index contributed by atoms with van der Waals surface area (Å²) in [6.45, 7) is 0. The Morgan fingerprint density at radius 3 is 3.10 bits per heavy atom. The van der Waals surface area contributed by atoms with E-state index < -0.39 is 0 Å². The second kappa shape index (κ2) is 1.73. The van der Waals surface area contributed by atoms with Crippen LogP contribution in [0.15, 0.2) is 29.0 Å². The summed E-state index contributed by atoms with van der Waals surface area (Å²) < 4.78 is 5.09. The van der Waals surface area contributed by atoms with Gasteiger partial charge in [0, 0.05) is 12.1 Å². The van der Waals surface area contributed by atoms with Crippen LogP contribution < -0.4 is 10.7 Å². The quantitative estimate of drug-likeness (QED) is 0.581. The Hall–Kier alpha value is -1.51. The van der Waals surface area contributed by atoms with Gasteiger partial charge in [-0.3, -0.25) is 0 Å². The van der Waals surface area contributed by atoms with Crippen molar-refractivity contribution in [2.45, 2.75) is 0 Å². The molecule has 0 radical (unpaired) electrons. The molecule has 3 heteroatoms. The van der Waals surface area contributed by atoms with Crippen LogP contribution in [0.5, 0.6) is 0 Å². The van der Waals surface area contributed by atoms with Crippen molar-refractivity contribution in [3.05, 3.63) is 24.6 Å². The summed E-state index contributed by atoms with van der Waals surface area (Å²) >= 11 is 0. The Balaban J connectivity index is 2.95. The number of rotatable bonds is 0. The van der Waals surface area contributed by atoms with E-state index in [1.54, 1.807) is 18.5 Å². The molecule has 0 bridgehead atoms. The molecule has 2 aromatic heterocycles.